The predicted molar refractivity (Wildman–Crippen MR) is 90.8 cm³/mol. The molecule has 122 valence electrons. The fourth-order valence-electron chi connectivity index (χ4n) is 2.17. The lowest BCUT2D eigenvalue weighted by Crippen LogP contribution is -2.37. The summed E-state index contributed by atoms with van der Waals surface area (Å²) in [5.74, 6) is -0.132. The second-order valence-corrected chi connectivity index (χ2v) is 6.98. The van der Waals surface area contributed by atoms with E-state index in [1.54, 1.807) is 23.1 Å². The number of benzene rings is 2. The number of sulfonamides is 1. The molecule has 23 heavy (non-hydrogen) atoms. The summed E-state index contributed by atoms with van der Waals surface area (Å²) in [5.41, 5.74) is 1.85. The quantitative estimate of drug-likeness (QED) is 0.883. The second-order valence-electron chi connectivity index (χ2n) is 5.22. The Bertz CT molecular complexity index is 756. The zero-order valence-corrected chi connectivity index (χ0v) is 14.0. The molecule has 0 heterocycles. The van der Waals surface area contributed by atoms with Gasteiger partial charge in [0.15, 0.2) is 0 Å². The molecule has 0 fully saturated rings. The molecular weight excluding hydrogens is 312 g/mol. The summed E-state index contributed by atoms with van der Waals surface area (Å²) in [5, 5.41) is 0. The van der Waals surface area contributed by atoms with Crippen LogP contribution in [0.1, 0.15) is 12.5 Å². The van der Waals surface area contributed by atoms with Crippen LogP contribution >= 0.6 is 0 Å². The van der Waals surface area contributed by atoms with Gasteiger partial charge in [-0.3, -0.25) is 4.79 Å². The normalized spacial score (nSPS) is 11.2. The van der Waals surface area contributed by atoms with Crippen molar-refractivity contribution in [1.29, 1.82) is 0 Å². The Kier molecular flexibility index (Phi) is 5.52. The van der Waals surface area contributed by atoms with Crippen LogP contribution in [-0.2, 0) is 14.8 Å². The minimum atomic E-state index is -3.56. The number of carbonyl (C=O) groups excluding carboxylic acids is 1. The molecule has 0 spiro atoms. The number of nitrogens with zero attached hydrogens (tertiary/aromatic N) is 1. The molecule has 2 rings (SSSR count). The third-order valence-electron chi connectivity index (χ3n) is 3.41. The third-order valence-corrected chi connectivity index (χ3v) is 4.88. The van der Waals surface area contributed by atoms with Gasteiger partial charge in [0.1, 0.15) is 0 Å². The van der Waals surface area contributed by atoms with Crippen LogP contribution < -0.4 is 9.62 Å². The number of amides is 1. The molecule has 0 atom stereocenters. The molecule has 2 aromatic rings. The zero-order valence-electron chi connectivity index (χ0n) is 13.2. The van der Waals surface area contributed by atoms with Crippen LogP contribution in [0.5, 0.6) is 0 Å². The Labute approximate surface area is 137 Å². The maximum atomic E-state index is 12.2. The molecule has 0 aliphatic heterocycles. The Morgan fingerprint density at radius 3 is 2.22 bits per heavy atom. The minimum absolute atomic E-state index is 0.132. The standard InChI is InChI=1S/C17H20N2O3S/c1-14-8-10-16(11-9-14)19(15(2)20)13-12-18-23(21,22)17-6-4-3-5-7-17/h3-11,18H,12-13H2,1-2H3. The Hall–Kier alpha value is -2.18. The predicted octanol–water partition coefficient (Wildman–Crippen LogP) is 2.33. The summed E-state index contributed by atoms with van der Waals surface area (Å²) in [7, 11) is -3.56. The Morgan fingerprint density at radius 1 is 1.04 bits per heavy atom. The number of aryl methyl sites for hydroxylation is 1. The molecule has 0 unspecified atom stereocenters. The number of hydrogen-bond acceptors (Lipinski definition) is 3. The molecule has 5 nitrogen and oxygen atoms in total. The molecule has 0 saturated carbocycles. The smallest absolute Gasteiger partial charge is 0.240 e. The van der Waals surface area contributed by atoms with Crippen molar-refractivity contribution in [2.24, 2.45) is 0 Å². The van der Waals surface area contributed by atoms with Crippen molar-refractivity contribution in [2.45, 2.75) is 18.7 Å². The molecule has 0 bridgehead atoms. The number of carbonyl (C=O) groups is 1. The largest absolute Gasteiger partial charge is 0.311 e. The summed E-state index contributed by atoms with van der Waals surface area (Å²) in [4.78, 5) is 13.6. The topological polar surface area (TPSA) is 66.5 Å². The first kappa shape index (κ1) is 17.2. The van der Waals surface area contributed by atoms with E-state index in [1.807, 2.05) is 31.2 Å². The average Bonchev–Trinajstić information content (AvgIpc) is 2.53. The van der Waals surface area contributed by atoms with Crippen molar-refractivity contribution in [3.05, 3.63) is 60.2 Å². The van der Waals surface area contributed by atoms with Gasteiger partial charge in [-0.2, -0.15) is 0 Å². The highest BCUT2D eigenvalue weighted by Crippen LogP contribution is 2.15. The first-order valence-corrected chi connectivity index (χ1v) is 8.78. The molecule has 0 aromatic heterocycles. The molecule has 1 N–H and O–H groups in total. The van der Waals surface area contributed by atoms with Crippen molar-refractivity contribution < 1.29 is 13.2 Å². The monoisotopic (exact) mass is 332 g/mol. The molecule has 6 heteroatoms. The van der Waals surface area contributed by atoms with Crippen molar-refractivity contribution >= 4 is 21.6 Å². The highest BCUT2D eigenvalue weighted by molar-refractivity contribution is 7.89. The molecule has 2 aromatic carbocycles. The average molecular weight is 332 g/mol. The van der Waals surface area contributed by atoms with Crippen molar-refractivity contribution in [3.8, 4) is 0 Å². The molecule has 0 radical (unpaired) electrons. The van der Waals surface area contributed by atoms with E-state index in [2.05, 4.69) is 4.72 Å². The van der Waals surface area contributed by atoms with Crippen molar-refractivity contribution in [3.63, 3.8) is 0 Å². The lowest BCUT2D eigenvalue weighted by atomic mass is 10.2. The van der Waals surface area contributed by atoms with Gasteiger partial charge >= 0.3 is 0 Å². The van der Waals surface area contributed by atoms with Gasteiger partial charge < -0.3 is 4.90 Å². The lowest BCUT2D eigenvalue weighted by molar-refractivity contribution is -0.116. The van der Waals surface area contributed by atoms with E-state index in [1.165, 1.54) is 19.1 Å². The van der Waals surface area contributed by atoms with Crippen LogP contribution in [-0.4, -0.2) is 27.4 Å². The van der Waals surface area contributed by atoms with E-state index >= 15 is 0 Å². The lowest BCUT2D eigenvalue weighted by Gasteiger charge is -2.21. The summed E-state index contributed by atoms with van der Waals surface area (Å²) in [6.45, 7) is 3.84. The van der Waals surface area contributed by atoms with E-state index in [9.17, 15) is 13.2 Å². The summed E-state index contributed by atoms with van der Waals surface area (Å²) in [6.07, 6.45) is 0. The number of nitrogens with one attached hydrogen (secondary N) is 1. The first-order chi connectivity index (χ1) is 10.9. The van der Waals surface area contributed by atoms with Gasteiger partial charge in [-0.15, -0.1) is 0 Å². The maximum Gasteiger partial charge on any atom is 0.240 e. The van der Waals surface area contributed by atoms with Crippen LogP contribution in [0.4, 0.5) is 5.69 Å². The van der Waals surface area contributed by atoms with Gasteiger partial charge in [-0.05, 0) is 31.2 Å². The van der Waals surface area contributed by atoms with Crippen LogP contribution in [0.15, 0.2) is 59.5 Å². The molecule has 0 aliphatic carbocycles. The highest BCUT2D eigenvalue weighted by atomic mass is 32.2. The fourth-order valence-corrected chi connectivity index (χ4v) is 3.21. The van der Waals surface area contributed by atoms with E-state index in [-0.39, 0.29) is 23.9 Å². The van der Waals surface area contributed by atoms with Crippen LogP contribution in [0.2, 0.25) is 0 Å². The third kappa shape index (κ3) is 4.64. The van der Waals surface area contributed by atoms with Gasteiger partial charge in [-0.1, -0.05) is 35.9 Å². The van der Waals surface area contributed by atoms with Crippen molar-refractivity contribution in [1.82, 2.24) is 4.72 Å². The van der Waals surface area contributed by atoms with E-state index in [0.29, 0.717) is 0 Å². The Morgan fingerprint density at radius 2 is 1.65 bits per heavy atom. The van der Waals surface area contributed by atoms with Crippen LogP contribution in [0, 0.1) is 6.92 Å². The van der Waals surface area contributed by atoms with Crippen LogP contribution in [0.25, 0.3) is 0 Å². The van der Waals surface area contributed by atoms with Gasteiger partial charge in [0.05, 0.1) is 4.90 Å². The SMILES string of the molecule is CC(=O)N(CCNS(=O)(=O)c1ccccc1)c1ccc(C)cc1. The molecule has 0 aliphatic rings. The van der Waals surface area contributed by atoms with Gasteiger partial charge in [0.25, 0.3) is 0 Å². The number of rotatable bonds is 6. The maximum absolute atomic E-state index is 12.2. The highest BCUT2D eigenvalue weighted by Gasteiger charge is 2.15. The number of anilines is 1. The van der Waals surface area contributed by atoms with Gasteiger partial charge in [0.2, 0.25) is 15.9 Å². The van der Waals surface area contributed by atoms with E-state index < -0.39 is 10.0 Å². The summed E-state index contributed by atoms with van der Waals surface area (Å²) in [6, 6.07) is 15.7. The first-order valence-electron chi connectivity index (χ1n) is 7.29. The second kappa shape index (κ2) is 7.39. The molecule has 0 saturated heterocycles. The minimum Gasteiger partial charge on any atom is -0.311 e. The summed E-state index contributed by atoms with van der Waals surface area (Å²) < 4.78 is 26.8. The van der Waals surface area contributed by atoms with Crippen LogP contribution in [0.3, 0.4) is 0 Å². The zero-order chi connectivity index (χ0) is 16.9. The van der Waals surface area contributed by atoms with Gasteiger partial charge in [0, 0.05) is 25.7 Å². The fraction of sp³-hybridized carbons (Fsp3) is 0.235. The molecule has 1 amide bonds. The van der Waals surface area contributed by atoms with Gasteiger partial charge in [-0.25, -0.2) is 13.1 Å². The summed E-state index contributed by atoms with van der Waals surface area (Å²) >= 11 is 0. The van der Waals surface area contributed by atoms with E-state index in [0.717, 1.165) is 11.3 Å². The van der Waals surface area contributed by atoms with Crippen molar-refractivity contribution in [2.75, 3.05) is 18.0 Å². The van der Waals surface area contributed by atoms with E-state index in [4.69, 9.17) is 0 Å². The number of hydrogen-bond donors (Lipinski definition) is 1. The Balaban J connectivity index is 2.03. The molecular formula is C17H20N2O3S.